The van der Waals surface area contributed by atoms with Gasteiger partial charge in [-0.15, -0.1) is 0 Å². The molecule has 0 radical (unpaired) electrons. The molecule has 3 heterocycles. The van der Waals surface area contributed by atoms with E-state index in [2.05, 4.69) is 15.0 Å². The van der Waals surface area contributed by atoms with Gasteiger partial charge in [0.2, 0.25) is 0 Å². The molecule has 0 unspecified atom stereocenters. The van der Waals surface area contributed by atoms with Gasteiger partial charge in [0, 0.05) is 35.4 Å². The van der Waals surface area contributed by atoms with Crippen LogP contribution in [0.1, 0.15) is 21.7 Å². The average Bonchev–Trinajstić information content (AvgIpc) is 2.80. The molecular formula is C25H20ClN3O3S. The summed E-state index contributed by atoms with van der Waals surface area (Å²) < 4.78 is 25.6. The molecule has 3 aromatic heterocycles. The number of halogens is 1. The lowest BCUT2D eigenvalue weighted by atomic mass is 10.0. The van der Waals surface area contributed by atoms with Crippen molar-refractivity contribution < 1.29 is 13.2 Å². The number of carbonyl (C=O) groups excluding carboxylic acids is 1. The number of aromatic nitrogens is 3. The number of hydrogen-bond acceptors (Lipinski definition) is 6. The Morgan fingerprint density at radius 1 is 0.848 bits per heavy atom. The number of hydrogen-bond donors (Lipinski definition) is 0. The van der Waals surface area contributed by atoms with Crippen molar-refractivity contribution in [1.82, 2.24) is 15.0 Å². The first kappa shape index (κ1) is 22.8. The van der Waals surface area contributed by atoms with Gasteiger partial charge in [-0.1, -0.05) is 29.8 Å². The first-order valence-corrected chi connectivity index (χ1v) is 12.1. The second kappa shape index (κ2) is 9.21. The number of sulfone groups is 1. The number of aryl methyl sites for hydroxylation is 2. The Balaban J connectivity index is 1.63. The van der Waals surface area contributed by atoms with E-state index in [-0.39, 0.29) is 10.6 Å². The van der Waals surface area contributed by atoms with Crippen molar-refractivity contribution in [2.45, 2.75) is 18.7 Å². The van der Waals surface area contributed by atoms with E-state index in [1.165, 1.54) is 24.4 Å². The molecule has 4 rings (SSSR count). The first-order chi connectivity index (χ1) is 15.7. The molecule has 8 heteroatoms. The van der Waals surface area contributed by atoms with E-state index in [9.17, 15) is 13.2 Å². The second-order valence-electron chi connectivity index (χ2n) is 7.67. The summed E-state index contributed by atoms with van der Waals surface area (Å²) in [4.78, 5) is 25.3. The average molecular weight is 478 g/mol. The number of benzene rings is 1. The summed E-state index contributed by atoms with van der Waals surface area (Å²) in [5.41, 5.74) is 4.90. The van der Waals surface area contributed by atoms with Crippen molar-refractivity contribution in [3.63, 3.8) is 0 Å². The summed E-state index contributed by atoms with van der Waals surface area (Å²) in [7, 11) is -3.83. The third kappa shape index (κ3) is 5.16. The summed E-state index contributed by atoms with van der Waals surface area (Å²) in [5, 5.41) is 0.460. The summed E-state index contributed by atoms with van der Waals surface area (Å²) >= 11 is 6.19. The summed E-state index contributed by atoms with van der Waals surface area (Å²) in [6, 6.07) is 15.2. The van der Waals surface area contributed by atoms with Crippen LogP contribution in [0.15, 0.2) is 78.1 Å². The lowest BCUT2D eigenvalue weighted by molar-refractivity contribution is 0.101. The predicted molar refractivity (Wildman–Crippen MR) is 128 cm³/mol. The van der Waals surface area contributed by atoms with Gasteiger partial charge in [0.25, 0.3) is 0 Å². The topological polar surface area (TPSA) is 89.9 Å². The zero-order valence-electron chi connectivity index (χ0n) is 18.0. The highest BCUT2D eigenvalue weighted by atomic mass is 35.5. The van der Waals surface area contributed by atoms with Gasteiger partial charge in [0.1, 0.15) is 11.4 Å². The van der Waals surface area contributed by atoms with E-state index in [1.54, 1.807) is 36.7 Å². The van der Waals surface area contributed by atoms with Crippen molar-refractivity contribution in [3.8, 4) is 22.4 Å². The van der Waals surface area contributed by atoms with Crippen molar-refractivity contribution in [1.29, 1.82) is 0 Å². The normalized spacial score (nSPS) is 11.4. The van der Waals surface area contributed by atoms with Gasteiger partial charge in [-0.05, 0) is 61.4 Å². The second-order valence-corrected chi connectivity index (χ2v) is 10.1. The molecule has 0 saturated carbocycles. The predicted octanol–water partition coefficient (Wildman–Crippen LogP) is 5.13. The number of carbonyl (C=O) groups is 1. The SMILES string of the molecule is Cc1ccc(C(=O)CS(=O)(=O)c2ccc(-c3cc(Cl)cnc3-c3ccc(C)nc3)cc2)nc1. The molecule has 0 N–H and O–H groups in total. The van der Waals surface area contributed by atoms with E-state index in [4.69, 9.17) is 11.6 Å². The quantitative estimate of drug-likeness (QED) is 0.357. The van der Waals surface area contributed by atoms with E-state index < -0.39 is 21.4 Å². The van der Waals surface area contributed by atoms with Crippen molar-refractivity contribution in [2.75, 3.05) is 5.75 Å². The van der Waals surface area contributed by atoms with Gasteiger partial charge in [0.15, 0.2) is 15.6 Å². The van der Waals surface area contributed by atoms with Gasteiger partial charge in [-0.3, -0.25) is 19.7 Å². The summed E-state index contributed by atoms with van der Waals surface area (Å²) in [5.74, 6) is -1.20. The van der Waals surface area contributed by atoms with Crippen molar-refractivity contribution >= 4 is 27.2 Å². The maximum atomic E-state index is 12.8. The molecule has 0 aliphatic heterocycles. The largest absolute Gasteiger partial charge is 0.291 e. The number of rotatable bonds is 6. The number of Topliss-reactive ketones (excluding diaryl/α,β-unsaturated/α-hetero) is 1. The van der Waals surface area contributed by atoms with Crippen LogP contribution in [-0.2, 0) is 9.84 Å². The maximum absolute atomic E-state index is 12.8. The van der Waals surface area contributed by atoms with Crippen LogP contribution in [-0.4, -0.2) is 34.9 Å². The van der Waals surface area contributed by atoms with Crippen LogP contribution < -0.4 is 0 Å². The minimum atomic E-state index is -3.83. The van der Waals surface area contributed by atoms with Crippen LogP contribution in [0.3, 0.4) is 0 Å². The fraction of sp³-hybridized carbons (Fsp3) is 0.120. The Bertz CT molecular complexity index is 1420. The minimum Gasteiger partial charge on any atom is -0.291 e. The third-order valence-electron chi connectivity index (χ3n) is 5.08. The molecule has 0 saturated heterocycles. The molecule has 1 aromatic carbocycles. The van der Waals surface area contributed by atoms with Gasteiger partial charge in [-0.25, -0.2) is 8.42 Å². The Labute approximate surface area is 197 Å². The molecule has 33 heavy (non-hydrogen) atoms. The molecular weight excluding hydrogens is 458 g/mol. The van der Waals surface area contributed by atoms with Crippen molar-refractivity contribution in [2.24, 2.45) is 0 Å². The molecule has 0 bridgehead atoms. The van der Waals surface area contributed by atoms with Crippen LogP contribution in [0.25, 0.3) is 22.4 Å². The van der Waals surface area contributed by atoms with Crippen LogP contribution in [0.5, 0.6) is 0 Å². The molecule has 0 atom stereocenters. The lowest BCUT2D eigenvalue weighted by Crippen LogP contribution is -2.17. The van der Waals surface area contributed by atoms with Gasteiger partial charge >= 0.3 is 0 Å². The molecule has 6 nitrogen and oxygen atoms in total. The maximum Gasteiger partial charge on any atom is 0.196 e. The van der Waals surface area contributed by atoms with Crippen LogP contribution in [0, 0.1) is 13.8 Å². The summed E-state index contributed by atoms with van der Waals surface area (Å²) in [6.07, 6.45) is 4.83. The van der Waals surface area contributed by atoms with E-state index >= 15 is 0 Å². The van der Waals surface area contributed by atoms with Gasteiger partial charge in [-0.2, -0.15) is 0 Å². The van der Waals surface area contributed by atoms with E-state index in [0.29, 0.717) is 10.7 Å². The fourth-order valence-corrected chi connectivity index (χ4v) is 4.67. The Kier molecular flexibility index (Phi) is 6.35. The smallest absolute Gasteiger partial charge is 0.196 e. The zero-order valence-corrected chi connectivity index (χ0v) is 19.6. The number of pyridine rings is 3. The van der Waals surface area contributed by atoms with Crippen molar-refractivity contribution in [3.05, 3.63) is 95.2 Å². The lowest BCUT2D eigenvalue weighted by Gasteiger charge is -2.11. The summed E-state index contributed by atoms with van der Waals surface area (Å²) in [6.45, 7) is 3.74. The van der Waals surface area contributed by atoms with Gasteiger partial charge < -0.3 is 0 Å². The molecule has 4 aromatic rings. The van der Waals surface area contributed by atoms with E-state index in [0.717, 1.165) is 27.9 Å². The molecule has 166 valence electrons. The van der Waals surface area contributed by atoms with Crippen LogP contribution in [0.2, 0.25) is 5.02 Å². The van der Waals surface area contributed by atoms with Crippen LogP contribution >= 0.6 is 11.6 Å². The zero-order chi connectivity index (χ0) is 23.6. The minimum absolute atomic E-state index is 0.0558. The molecule has 0 spiro atoms. The van der Waals surface area contributed by atoms with E-state index in [1.807, 2.05) is 26.0 Å². The monoisotopic (exact) mass is 477 g/mol. The molecule has 0 fully saturated rings. The number of nitrogens with zero attached hydrogens (tertiary/aromatic N) is 3. The van der Waals surface area contributed by atoms with Crippen LogP contribution in [0.4, 0.5) is 0 Å². The molecule has 0 aliphatic carbocycles. The molecule has 0 aliphatic rings. The first-order valence-electron chi connectivity index (χ1n) is 10.1. The standard InChI is InChI=1S/C25H20ClN3O3S/c1-16-3-10-23(28-12-16)24(30)15-33(31,32)21-8-6-18(7-9-21)22-11-20(26)14-29-25(22)19-5-4-17(2)27-13-19/h3-14H,15H2,1-2H3. The highest BCUT2D eigenvalue weighted by Gasteiger charge is 2.21. The Hall–Kier alpha value is -3.42. The Morgan fingerprint density at radius 3 is 2.21 bits per heavy atom. The Morgan fingerprint density at radius 2 is 1.58 bits per heavy atom. The molecule has 0 amide bonds. The third-order valence-corrected chi connectivity index (χ3v) is 6.92. The number of ketones is 1. The fourth-order valence-electron chi connectivity index (χ4n) is 3.30. The van der Waals surface area contributed by atoms with Gasteiger partial charge in [0.05, 0.1) is 15.6 Å². The highest BCUT2D eigenvalue weighted by molar-refractivity contribution is 7.92. The highest BCUT2D eigenvalue weighted by Crippen LogP contribution is 2.32.